The molecule has 0 bridgehead atoms. The summed E-state index contributed by atoms with van der Waals surface area (Å²) in [5.74, 6) is 0.801. The number of anilines is 1. The predicted molar refractivity (Wildman–Crippen MR) is 69.5 cm³/mol. The van der Waals surface area contributed by atoms with Crippen LogP contribution in [0.5, 0.6) is 0 Å². The van der Waals surface area contributed by atoms with Crippen molar-refractivity contribution in [2.45, 2.75) is 32.7 Å². The largest absolute Gasteiger partial charge is 0.342 e. The van der Waals surface area contributed by atoms with Gasteiger partial charge in [0.15, 0.2) is 0 Å². The highest BCUT2D eigenvalue weighted by atomic mass is 16.1. The minimum absolute atomic E-state index is 0.0120. The van der Waals surface area contributed by atoms with Crippen molar-refractivity contribution in [1.82, 2.24) is 9.55 Å². The third-order valence-electron chi connectivity index (χ3n) is 3.07. The maximum atomic E-state index is 11.9. The molecule has 0 aliphatic carbocycles. The number of allylic oxidation sites excluding steroid dienone is 1. The zero-order valence-electron chi connectivity index (χ0n) is 10.4. The molecule has 17 heavy (non-hydrogen) atoms. The van der Waals surface area contributed by atoms with Crippen LogP contribution < -0.4 is 10.5 Å². The van der Waals surface area contributed by atoms with Gasteiger partial charge in [0.25, 0.3) is 5.56 Å². The van der Waals surface area contributed by atoms with E-state index in [9.17, 15) is 4.79 Å². The van der Waals surface area contributed by atoms with Gasteiger partial charge in [0, 0.05) is 31.4 Å². The molecule has 4 heteroatoms. The molecule has 92 valence electrons. The second-order valence-electron chi connectivity index (χ2n) is 4.48. The number of piperidine rings is 1. The van der Waals surface area contributed by atoms with Gasteiger partial charge in [-0.2, -0.15) is 0 Å². The van der Waals surface area contributed by atoms with Gasteiger partial charge >= 0.3 is 0 Å². The topological polar surface area (TPSA) is 38.1 Å². The number of hydrogen-bond donors (Lipinski definition) is 0. The van der Waals surface area contributed by atoms with Gasteiger partial charge in [0.05, 0.1) is 0 Å². The van der Waals surface area contributed by atoms with Crippen LogP contribution in [0.15, 0.2) is 23.5 Å². The smallest absolute Gasteiger partial charge is 0.255 e. The second-order valence-corrected chi connectivity index (χ2v) is 4.48. The molecule has 0 radical (unpaired) electrons. The van der Waals surface area contributed by atoms with Crippen LogP contribution in [0, 0.1) is 6.92 Å². The maximum absolute atomic E-state index is 11.9. The molecule has 0 saturated carbocycles. The Balaban J connectivity index is 2.41. The van der Waals surface area contributed by atoms with Crippen LogP contribution in [-0.2, 0) is 6.54 Å². The van der Waals surface area contributed by atoms with Crippen LogP contribution in [-0.4, -0.2) is 22.6 Å². The Morgan fingerprint density at radius 2 is 2.12 bits per heavy atom. The van der Waals surface area contributed by atoms with Crippen LogP contribution in [0.25, 0.3) is 0 Å². The fraction of sp³-hybridized carbons (Fsp3) is 0.538. The monoisotopic (exact) mass is 233 g/mol. The first kappa shape index (κ1) is 11.9. The SMILES string of the molecule is C=CCn1c(N2CCCCC2)nc(C)cc1=O. The minimum Gasteiger partial charge on any atom is -0.342 e. The lowest BCUT2D eigenvalue weighted by Gasteiger charge is -2.29. The predicted octanol–water partition coefficient (Wildman–Crippen LogP) is 1.73. The molecule has 1 aromatic rings. The van der Waals surface area contributed by atoms with E-state index in [4.69, 9.17) is 0 Å². The van der Waals surface area contributed by atoms with E-state index in [-0.39, 0.29) is 5.56 Å². The molecular formula is C13H19N3O. The van der Waals surface area contributed by atoms with Gasteiger partial charge in [-0.1, -0.05) is 6.08 Å². The third-order valence-corrected chi connectivity index (χ3v) is 3.07. The Morgan fingerprint density at radius 3 is 2.76 bits per heavy atom. The van der Waals surface area contributed by atoms with E-state index >= 15 is 0 Å². The summed E-state index contributed by atoms with van der Waals surface area (Å²) in [7, 11) is 0. The molecule has 1 aliphatic rings. The number of nitrogens with zero attached hydrogens (tertiary/aromatic N) is 3. The molecule has 0 N–H and O–H groups in total. The van der Waals surface area contributed by atoms with Gasteiger partial charge < -0.3 is 4.90 Å². The van der Waals surface area contributed by atoms with Gasteiger partial charge in [-0.05, 0) is 26.2 Å². The zero-order valence-corrected chi connectivity index (χ0v) is 10.4. The van der Waals surface area contributed by atoms with Gasteiger partial charge in [-0.15, -0.1) is 6.58 Å². The quantitative estimate of drug-likeness (QED) is 0.746. The maximum Gasteiger partial charge on any atom is 0.255 e. The summed E-state index contributed by atoms with van der Waals surface area (Å²) in [6.07, 6.45) is 5.37. The Kier molecular flexibility index (Phi) is 3.61. The molecule has 4 nitrogen and oxygen atoms in total. The highest BCUT2D eigenvalue weighted by Crippen LogP contribution is 2.16. The fourth-order valence-electron chi connectivity index (χ4n) is 2.24. The summed E-state index contributed by atoms with van der Waals surface area (Å²) in [6, 6.07) is 1.58. The van der Waals surface area contributed by atoms with Crippen molar-refractivity contribution >= 4 is 5.95 Å². The van der Waals surface area contributed by atoms with E-state index in [2.05, 4.69) is 16.5 Å². The number of aryl methyl sites for hydroxylation is 1. The molecule has 1 fully saturated rings. The first-order valence-corrected chi connectivity index (χ1v) is 6.16. The van der Waals surface area contributed by atoms with E-state index in [1.54, 1.807) is 16.7 Å². The number of rotatable bonds is 3. The molecule has 1 aliphatic heterocycles. The summed E-state index contributed by atoms with van der Waals surface area (Å²) >= 11 is 0. The Labute approximate surface area is 102 Å². The summed E-state index contributed by atoms with van der Waals surface area (Å²) in [4.78, 5) is 18.7. The normalized spacial score (nSPS) is 15.9. The van der Waals surface area contributed by atoms with Crippen LogP contribution in [0.1, 0.15) is 25.0 Å². The van der Waals surface area contributed by atoms with Crippen LogP contribution in [0.2, 0.25) is 0 Å². The number of aromatic nitrogens is 2. The van der Waals surface area contributed by atoms with E-state index in [1.165, 1.54) is 19.3 Å². The van der Waals surface area contributed by atoms with Gasteiger partial charge in [-0.3, -0.25) is 9.36 Å². The first-order valence-electron chi connectivity index (χ1n) is 6.16. The molecule has 0 amide bonds. The standard InChI is InChI=1S/C13H19N3O/c1-3-7-16-12(17)10-11(2)14-13(16)15-8-5-4-6-9-15/h3,10H,1,4-9H2,2H3. The van der Waals surface area contributed by atoms with E-state index < -0.39 is 0 Å². The van der Waals surface area contributed by atoms with Crippen molar-refractivity contribution in [1.29, 1.82) is 0 Å². The van der Waals surface area contributed by atoms with Gasteiger partial charge in [0.2, 0.25) is 5.95 Å². The molecule has 0 atom stereocenters. The molecule has 0 spiro atoms. The molecule has 2 rings (SSSR count). The van der Waals surface area contributed by atoms with Crippen molar-refractivity contribution in [3.05, 3.63) is 34.8 Å². The summed E-state index contributed by atoms with van der Waals surface area (Å²) in [5.41, 5.74) is 0.800. The Bertz CT molecular complexity index is 458. The van der Waals surface area contributed by atoms with Crippen molar-refractivity contribution < 1.29 is 0 Å². The highest BCUT2D eigenvalue weighted by Gasteiger charge is 2.16. The van der Waals surface area contributed by atoms with Crippen LogP contribution in [0.4, 0.5) is 5.95 Å². The summed E-state index contributed by atoms with van der Waals surface area (Å²) in [5, 5.41) is 0. The highest BCUT2D eigenvalue weighted by molar-refractivity contribution is 5.33. The van der Waals surface area contributed by atoms with Crippen LogP contribution in [0.3, 0.4) is 0 Å². The minimum atomic E-state index is 0.0120. The summed E-state index contributed by atoms with van der Waals surface area (Å²) in [6.45, 7) is 8.08. The lowest BCUT2D eigenvalue weighted by atomic mass is 10.1. The lowest BCUT2D eigenvalue weighted by molar-refractivity contribution is 0.551. The lowest BCUT2D eigenvalue weighted by Crippen LogP contribution is -2.36. The molecule has 0 aromatic carbocycles. The number of hydrogen-bond acceptors (Lipinski definition) is 3. The molecular weight excluding hydrogens is 214 g/mol. The molecule has 2 heterocycles. The average Bonchev–Trinajstić information content (AvgIpc) is 2.33. The van der Waals surface area contributed by atoms with Gasteiger partial charge in [-0.25, -0.2) is 4.98 Å². The molecule has 0 unspecified atom stereocenters. The second kappa shape index (κ2) is 5.17. The van der Waals surface area contributed by atoms with Crippen molar-refractivity contribution in [3.63, 3.8) is 0 Å². The Hall–Kier alpha value is -1.58. The van der Waals surface area contributed by atoms with Gasteiger partial charge in [0.1, 0.15) is 0 Å². The summed E-state index contributed by atoms with van der Waals surface area (Å²) < 4.78 is 1.70. The van der Waals surface area contributed by atoms with E-state index in [1.807, 2.05) is 6.92 Å². The Morgan fingerprint density at radius 1 is 1.41 bits per heavy atom. The van der Waals surface area contributed by atoms with E-state index in [0.717, 1.165) is 24.7 Å². The van der Waals surface area contributed by atoms with E-state index in [0.29, 0.717) is 6.54 Å². The average molecular weight is 233 g/mol. The molecule has 1 saturated heterocycles. The van der Waals surface area contributed by atoms with Crippen LogP contribution >= 0.6 is 0 Å². The first-order chi connectivity index (χ1) is 8.22. The van der Waals surface area contributed by atoms with Crippen molar-refractivity contribution in [2.24, 2.45) is 0 Å². The van der Waals surface area contributed by atoms with Crippen molar-refractivity contribution in [3.8, 4) is 0 Å². The van der Waals surface area contributed by atoms with Crippen molar-refractivity contribution in [2.75, 3.05) is 18.0 Å². The zero-order chi connectivity index (χ0) is 12.3. The third kappa shape index (κ3) is 2.57. The molecule has 1 aromatic heterocycles. The fourth-order valence-corrected chi connectivity index (χ4v) is 2.24.